The first-order valence-corrected chi connectivity index (χ1v) is 6.63. The summed E-state index contributed by atoms with van der Waals surface area (Å²) in [7, 11) is 0. The first-order valence-electron chi connectivity index (χ1n) is 6.63. The molecule has 1 aliphatic rings. The summed E-state index contributed by atoms with van der Waals surface area (Å²) in [5.74, 6) is 0.492. The van der Waals surface area contributed by atoms with Gasteiger partial charge in [-0.15, -0.1) is 5.10 Å². The molecule has 20 heavy (non-hydrogen) atoms. The molecule has 0 saturated heterocycles. The van der Waals surface area contributed by atoms with Gasteiger partial charge in [0.05, 0.1) is 5.69 Å². The van der Waals surface area contributed by atoms with E-state index < -0.39 is 0 Å². The second-order valence-electron chi connectivity index (χ2n) is 5.08. The Morgan fingerprint density at radius 2 is 1.50 bits per heavy atom. The molecule has 2 aromatic carbocycles. The molecule has 4 heteroatoms. The monoisotopic (exact) mass is 262 g/mol. The van der Waals surface area contributed by atoms with Crippen molar-refractivity contribution in [2.75, 3.05) is 5.73 Å². The lowest BCUT2D eigenvalue weighted by atomic mass is 10.1. The average molecular weight is 262 g/mol. The summed E-state index contributed by atoms with van der Waals surface area (Å²) in [5, 5.41) is 8.23. The van der Waals surface area contributed by atoms with Gasteiger partial charge in [-0.25, -0.2) is 4.68 Å². The largest absolute Gasteiger partial charge is 0.381 e. The Labute approximate surface area is 116 Å². The summed E-state index contributed by atoms with van der Waals surface area (Å²) < 4.78 is 1.92. The normalized spacial score (nSPS) is 13.2. The smallest absolute Gasteiger partial charge is 0.168 e. The zero-order valence-electron chi connectivity index (χ0n) is 11.1. The summed E-state index contributed by atoms with van der Waals surface area (Å²) >= 11 is 0. The number of aromatic nitrogens is 3. The molecule has 0 unspecified atom stereocenters. The van der Waals surface area contributed by atoms with Crippen LogP contribution in [0.25, 0.3) is 11.1 Å². The summed E-state index contributed by atoms with van der Waals surface area (Å²) in [6.07, 6.45) is 0. The van der Waals surface area contributed by atoms with Crippen molar-refractivity contribution in [3.8, 4) is 11.1 Å². The predicted octanol–water partition coefficient (Wildman–Crippen LogP) is 2.79. The van der Waals surface area contributed by atoms with E-state index in [-0.39, 0.29) is 6.04 Å². The van der Waals surface area contributed by atoms with Crippen LogP contribution in [-0.4, -0.2) is 15.0 Å². The fourth-order valence-electron chi connectivity index (χ4n) is 2.99. The van der Waals surface area contributed by atoms with Gasteiger partial charge in [-0.1, -0.05) is 53.7 Å². The molecule has 0 fully saturated rings. The second-order valence-corrected chi connectivity index (χ2v) is 5.08. The van der Waals surface area contributed by atoms with Gasteiger partial charge in [-0.2, -0.15) is 0 Å². The maximum absolute atomic E-state index is 5.85. The van der Waals surface area contributed by atoms with Crippen molar-refractivity contribution in [2.45, 2.75) is 13.0 Å². The van der Waals surface area contributed by atoms with Gasteiger partial charge in [0.25, 0.3) is 0 Å². The molecule has 4 rings (SSSR count). The molecule has 0 bridgehead atoms. The Bertz CT molecular complexity index is 758. The molecule has 0 aliphatic heterocycles. The maximum Gasteiger partial charge on any atom is 0.168 e. The summed E-state index contributed by atoms with van der Waals surface area (Å²) in [6.45, 7) is 1.96. The highest BCUT2D eigenvalue weighted by Crippen LogP contribution is 2.45. The van der Waals surface area contributed by atoms with Crippen molar-refractivity contribution in [2.24, 2.45) is 0 Å². The van der Waals surface area contributed by atoms with Gasteiger partial charge in [0.1, 0.15) is 6.04 Å². The van der Waals surface area contributed by atoms with Crippen molar-refractivity contribution in [1.82, 2.24) is 15.0 Å². The van der Waals surface area contributed by atoms with E-state index in [0.717, 1.165) is 5.69 Å². The molecular formula is C16H14N4. The molecule has 0 saturated carbocycles. The van der Waals surface area contributed by atoms with Gasteiger partial charge in [0.15, 0.2) is 5.82 Å². The van der Waals surface area contributed by atoms with Crippen LogP contribution < -0.4 is 5.73 Å². The van der Waals surface area contributed by atoms with E-state index in [0.29, 0.717) is 5.82 Å². The van der Waals surface area contributed by atoms with Crippen LogP contribution in [0.1, 0.15) is 22.9 Å². The van der Waals surface area contributed by atoms with E-state index in [4.69, 9.17) is 5.73 Å². The van der Waals surface area contributed by atoms with Crippen molar-refractivity contribution < 1.29 is 0 Å². The second kappa shape index (κ2) is 3.93. The summed E-state index contributed by atoms with van der Waals surface area (Å²) in [4.78, 5) is 0. The molecule has 0 atom stereocenters. The van der Waals surface area contributed by atoms with Gasteiger partial charge in [0.2, 0.25) is 0 Å². The molecule has 2 N–H and O–H groups in total. The highest BCUT2D eigenvalue weighted by molar-refractivity contribution is 5.78. The summed E-state index contributed by atoms with van der Waals surface area (Å²) in [6, 6.07) is 16.9. The Balaban J connectivity index is 2.03. The van der Waals surface area contributed by atoms with Crippen LogP contribution >= 0.6 is 0 Å². The van der Waals surface area contributed by atoms with Crippen LogP contribution in [0.3, 0.4) is 0 Å². The first kappa shape index (κ1) is 11.2. The third-order valence-corrected chi connectivity index (χ3v) is 4.01. The summed E-state index contributed by atoms with van der Waals surface area (Å²) in [5.41, 5.74) is 11.8. The lowest BCUT2D eigenvalue weighted by molar-refractivity contribution is 0.566. The van der Waals surface area contributed by atoms with Gasteiger partial charge in [0, 0.05) is 0 Å². The predicted molar refractivity (Wildman–Crippen MR) is 78.3 cm³/mol. The number of nitrogen functional groups attached to an aromatic ring is 1. The third kappa shape index (κ3) is 1.36. The van der Waals surface area contributed by atoms with Crippen molar-refractivity contribution >= 4 is 5.82 Å². The first-order chi connectivity index (χ1) is 9.77. The number of hydrogen-bond acceptors (Lipinski definition) is 3. The Hall–Kier alpha value is -2.62. The number of rotatable bonds is 1. The number of nitrogens with zero attached hydrogens (tertiary/aromatic N) is 3. The fourth-order valence-corrected chi connectivity index (χ4v) is 2.99. The Kier molecular flexibility index (Phi) is 2.21. The molecule has 1 aliphatic carbocycles. The maximum atomic E-state index is 5.85. The highest BCUT2D eigenvalue weighted by atomic mass is 15.5. The number of fused-ring (bicyclic) bond motifs is 3. The molecule has 3 aromatic rings. The van der Waals surface area contributed by atoms with Crippen LogP contribution in [0.5, 0.6) is 0 Å². The minimum atomic E-state index is 0.0622. The lowest BCUT2D eigenvalue weighted by Crippen LogP contribution is -2.13. The Morgan fingerprint density at radius 1 is 0.950 bits per heavy atom. The zero-order chi connectivity index (χ0) is 13.7. The molecule has 1 heterocycles. The Morgan fingerprint density at radius 3 is 2.00 bits per heavy atom. The molecule has 0 radical (unpaired) electrons. The fraction of sp³-hybridized carbons (Fsp3) is 0.125. The molecule has 98 valence electrons. The average Bonchev–Trinajstić information content (AvgIpc) is 2.98. The van der Waals surface area contributed by atoms with E-state index in [1.165, 1.54) is 22.3 Å². The molecular weight excluding hydrogens is 248 g/mol. The topological polar surface area (TPSA) is 56.7 Å². The van der Waals surface area contributed by atoms with Crippen LogP contribution in [0, 0.1) is 6.92 Å². The SMILES string of the molecule is Cc1c(N)nnn1C1c2ccccc2-c2ccccc21. The molecule has 4 nitrogen and oxygen atoms in total. The van der Waals surface area contributed by atoms with Crippen LogP contribution in [0.15, 0.2) is 48.5 Å². The van der Waals surface area contributed by atoms with E-state index >= 15 is 0 Å². The van der Waals surface area contributed by atoms with Crippen molar-refractivity contribution in [3.63, 3.8) is 0 Å². The van der Waals surface area contributed by atoms with Gasteiger partial charge < -0.3 is 5.73 Å². The molecule has 0 spiro atoms. The van der Waals surface area contributed by atoms with Crippen molar-refractivity contribution in [1.29, 1.82) is 0 Å². The highest BCUT2D eigenvalue weighted by Gasteiger charge is 2.31. The van der Waals surface area contributed by atoms with Crippen molar-refractivity contribution in [3.05, 3.63) is 65.4 Å². The number of benzene rings is 2. The molecule has 1 aromatic heterocycles. The van der Waals surface area contributed by atoms with Crippen LogP contribution in [0.2, 0.25) is 0 Å². The van der Waals surface area contributed by atoms with Gasteiger partial charge in [-0.05, 0) is 29.2 Å². The number of nitrogens with two attached hydrogens (primary N) is 1. The third-order valence-electron chi connectivity index (χ3n) is 4.01. The van der Waals surface area contributed by atoms with E-state index in [1.807, 2.05) is 11.6 Å². The van der Waals surface area contributed by atoms with E-state index in [1.54, 1.807) is 0 Å². The van der Waals surface area contributed by atoms with E-state index in [2.05, 4.69) is 58.8 Å². The minimum absolute atomic E-state index is 0.0622. The molecule has 0 amide bonds. The lowest BCUT2D eigenvalue weighted by Gasteiger charge is -2.15. The standard InChI is InChI=1S/C16H14N4/c1-10-16(17)18-19-20(10)15-13-8-4-2-6-11(13)12-7-3-5-9-14(12)15/h2-9,15H,17H2,1H3. The van der Waals surface area contributed by atoms with Crippen LogP contribution in [-0.2, 0) is 0 Å². The van der Waals surface area contributed by atoms with Crippen LogP contribution in [0.4, 0.5) is 5.82 Å². The van der Waals surface area contributed by atoms with Gasteiger partial charge in [-0.3, -0.25) is 0 Å². The number of hydrogen-bond donors (Lipinski definition) is 1. The number of anilines is 1. The minimum Gasteiger partial charge on any atom is -0.381 e. The zero-order valence-corrected chi connectivity index (χ0v) is 11.1. The van der Waals surface area contributed by atoms with Gasteiger partial charge >= 0.3 is 0 Å². The van der Waals surface area contributed by atoms with E-state index in [9.17, 15) is 0 Å². The quantitative estimate of drug-likeness (QED) is 0.574.